The third-order valence-corrected chi connectivity index (χ3v) is 2.17. The summed E-state index contributed by atoms with van der Waals surface area (Å²) in [4.78, 5) is 11.3. The Morgan fingerprint density at radius 3 is 2.06 bits per heavy atom. The molecule has 0 aliphatic rings. The molecule has 1 aromatic rings. The summed E-state index contributed by atoms with van der Waals surface area (Å²) in [5, 5.41) is 0. The zero-order valence-electron chi connectivity index (χ0n) is 11.5. The molecule has 0 unspecified atom stereocenters. The van der Waals surface area contributed by atoms with Crippen molar-refractivity contribution in [1.82, 2.24) is 0 Å². The molecule has 0 spiro atoms. The third-order valence-electron chi connectivity index (χ3n) is 2.17. The van der Waals surface area contributed by atoms with E-state index in [0.717, 1.165) is 11.1 Å². The van der Waals surface area contributed by atoms with E-state index < -0.39 is 0 Å². The average Bonchev–Trinajstić information content (AvgIpc) is 2.40. The van der Waals surface area contributed by atoms with Gasteiger partial charge in [0.15, 0.2) is 5.78 Å². The van der Waals surface area contributed by atoms with Crippen molar-refractivity contribution in [3.05, 3.63) is 54.1 Å². The van der Waals surface area contributed by atoms with Crippen molar-refractivity contribution in [3.8, 4) is 11.8 Å². The Hall–Kier alpha value is -2.07. The molecule has 0 heterocycles. The van der Waals surface area contributed by atoms with Gasteiger partial charge in [-0.1, -0.05) is 48.6 Å². The Morgan fingerprint density at radius 2 is 1.67 bits per heavy atom. The van der Waals surface area contributed by atoms with Gasteiger partial charge in [-0.05, 0) is 33.3 Å². The molecule has 0 fully saturated rings. The van der Waals surface area contributed by atoms with Crippen LogP contribution < -0.4 is 0 Å². The number of ketones is 1. The van der Waals surface area contributed by atoms with E-state index >= 15 is 0 Å². The minimum absolute atomic E-state index is 0.0919. The largest absolute Gasteiger partial charge is 0.294 e. The molecule has 1 nitrogen and oxygen atoms in total. The molecule has 0 atom stereocenters. The topological polar surface area (TPSA) is 17.1 Å². The van der Waals surface area contributed by atoms with Gasteiger partial charge in [0.1, 0.15) is 0 Å². The fourth-order valence-corrected chi connectivity index (χ4v) is 1.23. The van der Waals surface area contributed by atoms with Crippen LogP contribution in [0.5, 0.6) is 0 Å². The summed E-state index contributed by atoms with van der Waals surface area (Å²) < 4.78 is 0. The van der Waals surface area contributed by atoms with E-state index in [0.29, 0.717) is 0 Å². The van der Waals surface area contributed by atoms with Crippen molar-refractivity contribution in [2.45, 2.75) is 27.7 Å². The second kappa shape index (κ2) is 10.1. The van der Waals surface area contributed by atoms with Gasteiger partial charge in [0, 0.05) is 5.57 Å². The highest BCUT2D eigenvalue weighted by atomic mass is 16.1. The Labute approximate surface area is 110 Å². The molecular formula is C17H20O. The highest BCUT2D eigenvalue weighted by Gasteiger charge is 2.04. The summed E-state index contributed by atoms with van der Waals surface area (Å²) in [5.74, 6) is 5.45. The lowest BCUT2D eigenvalue weighted by atomic mass is 10.0. The second-order valence-corrected chi connectivity index (χ2v) is 3.53. The molecule has 0 amide bonds. The van der Waals surface area contributed by atoms with Gasteiger partial charge in [-0.15, -0.1) is 11.8 Å². The predicted molar refractivity (Wildman–Crippen MR) is 79.0 cm³/mol. The molecule has 1 aromatic carbocycles. The first-order valence-corrected chi connectivity index (χ1v) is 5.90. The summed E-state index contributed by atoms with van der Waals surface area (Å²) in [7, 11) is 0. The maximum Gasteiger partial charge on any atom is 0.160 e. The molecule has 0 saturated carbocycles. The van der Waals surface area contributed by atoms with Crippen LogP contribution in [0.4, 0.5) is 0 Å². The van der Waals surface area contributed by atoms with E-state index in [4.69, 9.17) is 0 Å². The van der Waals surface area contributed by atoms with Crippen LogP contribution in [-0.4, -0.2) is 5.78 Å². The van der Waals surface area contributed by atoms with Crippen LogP contribution in [0.2, 0.25) is 0 Å². The van der Waals surface area contributed by atoms with Gasteiger partial charge in [0.2, 0.25) is 0 Å². The van der Waals surface area contributed by atoms with Crippen LogP contribution in [0.25, 0.3) is 5.57 Å². The molecular weight excluding hydrogens is 220 g/mol. The van der Waals surface area contributed by atoms with E-state index in [1.54, 1.807) is 6.92 Å². The Balaban J connectivity index is 0.000000631. The summed E-state index contributed by atoms with van der Waals surface area (Å²) in [6.45, 7) is 7.15. The number of carbonyl (C=O) groups excluding carboxylic acids is 1. The van der Waals surface area contributed by atoms with Crippen molar-refractivity contribution in [1.29, 1.82) is 0 Å². The van der Waals surface area contributed by atoms with Crippen molar-refractivity contribution in [3.63, 3.8) is 0 Å². The Morgan fingerprint density at radius 1 is 1.11 bits per heavy atom. The van der Waals surface area contributed by atoms with Crippen molar-refractivity contribution >= 4 is 11.4 Å². The number of benzene rings is 1. The average molecular weight is 240 g/mol. The van der Waals surface area contributed by atoms with Crippen LogP contribution in [-0.2, 0) is 4.79 Å². The molecule has 0 aliphatic carbocycles. The van der Waals surface area contributed by atoms with Gasteiger partial charge in [-0.2, -0.15) is 0 Å². The first kappa shape index (κ1) is 15.9. The molecule has 0 aromatic heterocycles. The molecule has 18 heavy (non-hydrogen) atoms. The van der Waals surface area contributed by atoms with Gasteiger partial charge < -0.3 is 0 Å². The maximum absolute atomic E-state index is 11.3. The number of allylic oxidation sites excluding steroid dienone is 4. The number of rotatable bonds is 3. The highest BCUT2D eigenvalue weighted by Crippen LogP contribution is 2.14. The zero-order chi connectivity index (χ0) is 13.8. The number of hydrogen-bond acceptors (Lipinski definition) is 1. The summed E-state index contributed by atoms with van der Waals surface area (Å²) in [5.41, 5.74) is 1.72. The molecule has 0 radical (unpaired) electrons. The first-order valence-electron chi connectivity index (χ1n) is 5.90. The Kier molecular flexibility index (Phi) is 8.95. The summed E-state index contributed by atoms with van der Waals surface area (Å²) >= 11 is 0. The molecule has 0 N–H and O–H groups in total. The number of carbonyl (C=O) groups is 1. The van der Waals surface area contributed by atoms with Gasteiger partial charge in [-0.3, -0.25) is 4.79 Å². The monoisotopic (exact) mass is 240 g/mol. The van der Waals surface area contributed by atoms with Crippen molar-refractivity contribution < 1.29 is 4.79 Å². The minimum atomic E-state index is 0.0919. The van der Waals surface area contributed by atoms with Crippen LogP contribution in [0.3, 0.4) is 0 Å². The van der Waals surface area contributed by atoms with Gasteiger partial charge in [0.25, 0.3) is 0 Å². The molecule has 0 aliphatic heterocycles. The van der Waals surface area contributed by atoms with E-state index in [1.807, 2.05) is 69.3 Å². The quantitative estimate of drug-likeness (QED) is 0.438. The van der Waals surface area contributed by atoms with Gasteiger partial charge in [-0.25, -0.2) is 0 Å². The molecule has 0 bridgehead atoms. The predicted octanol–water partition coefficient (Wildman–Crippen LogP) is 4.26. The van der Waals surface area contributed by atoms with Crippen LogP contribution in [0.15, 0.2) is 48.6 Å². The number of Topliss-reactive ketones (excluding diaryl/α,β-unsaturated/α-hetero) is 1. The molecule has 94 valence electrons. The smallest absolute Gasteiger partial charge is 0.160 e. The lowest BCUT2D eigenvalue weighted by Crippen LogP contribution is -1.94. The van der Waals surface area contributed by atoms with E-state index in [-0.39, 0.29) is 5.78 Å². The highest BCUT2D eigenvalue weighted by molar-refractivity contribution is 6.19. The lowest BCUT2D eigenvalue weighted by Gasteiger charge is -2.01. The molecule has 1 heteroatoms. The zero-order valence-corrected chi connectivity index (χ0v) is 11.5. The summed E-state index contributed by atoms with van der Waals surface area (Å²) in [6.07, 6.45) is 5.63. The first-order chi connectivity index (χ1) is 8.67. The van der Waals surface area contributed by atoms with Gasteiger partial charge in [0.05, 0.1) is 0 Å². The maximum atomic E-state index is 11.3. The van der Waals surface area contributed by atoms with Gasteiger partial charge >= 0.3 is 0 Å². The van der Waals surface area contributed by atoms with E-state index in [2.05, 4.69) is 11.8 Å². The van der Waals surface area contributed by atoms with Crippen LogP contribution in [0, 0.1) is 11.8 Å². The van der Waals surface area contributed by atoms with Crippen molar-refractivity contribution in [2.75, 3.05) is 0 Å². The van der Waals surface area contributed by atoms with Crippen LogP contribution in [0.1, 0.15) is 33.3 Å². The third kappa shape index (κ3) is 6.50. The minimum Gasteiger partial charge on any atom is -0.294 e. The van der Waals surface area contributed by atoms with Crippen molar-refractivity contribution in [2.24, 2.45) is 0 Å². The molecule has 1 rings (SSSR count). The second-order valence-electron chi connectivity index (χ2n) is 3.53. The summed E-state index contributed by atoms with van der Waals surface area (Å²) in [6, 6.07) is 9.69. The number of hydrogen-bond donors (Lipinski definition) is 0. The van der Waals surface area contributed by atoms with Crippen LogP contribution >= 0.6 is 0 Å². The normalized spacial score (nSPS) is 10.1. The lowest BCUT2D eigenvalue weighted by molar-refractivity contribution is -0.111. The fraction of sp³-hybridized carbons (Fsp3) is 0.235. The van der Waals surface area contributed by atoms with E-state index in [1.165, 1.54) is 0 Å². The standard InChI is InChI=1S/C13H14O.C4H6/c1-3-4-10-13(11(2)14)12-8-6-5-7-9-12;1-3-4-2/h3-10H,1-2H3;1-2H3/b4-3-,13-10+;. The van der Waals surface area contributed by atoms with E-state index in [9.17, 15) is 4.79 Å². The SMILES string of the molecule is C/C=C\C=C(/C(C)=O)c1ccccc1.CC#CC. The molecule has 0 saturated heterocycles. The Bertz CT molecular complexity index is 461. The fourth-order valence-electron chi connectivity index (χ4n) is 1.23.